The minimum absolute atomic E-state index is 0.0995. The molecule has 2 aliphatic rings. The molecule has 2 aliphatic carbocycles. The second kappa shape index (κ2) is 12.0. The summed E-state index contributed by atoms with van der Waals surface area (Å²) < 4.78 is 5.79. The van der Waals surface area contributed by atoms with Crippen LogP contribution in [0.15, 0.2) is 30.3 Å². The summed E-state index contributed by atoms with van der Waals surface area (Å²) in [6.07, 6.45) is 13.9. The quantitative estimate of drug-likeness (QED) is 0.177. The lowest BCUT2D eigenvalue weighted by Gasteiger charge is -2.46. The van der Waals surface area contributed by atoms with Crippen molar-refractivity contribution in [3.63, 3.8) is 0 Å². The zero-order valence-corrected chi connectivity index (χ0v) is 18.7. The van der Waals surface area contributed by atoms with E-state index in [1.54, 1.807) is 11.6 Å². The van der Waals surface area contributed by atoms with Gasteiger partial charge in [-0.2, -0.15) is 0 Å². The smallest absolute Gasteiger partial charge is 0.321 e. The Bertz CT molecular complexity index is 765. The first-order valence-electron chi connectivity index (χ1n) is 11.9. The van der Waals surface area contributed by atoms with Crippen LogP contribution in [0.25, 0.3) is 6.08 Å². The molecule has 7 nitrogen and oxygen atoms in total. The zero-order chi connectivity index (χ0) is 22.8. The number of carboxylic acid groups (broad SMARTS) is 1. The fourth-order valence-electron chi connectivity index (χ4n) is 5.57. The number of carbonyl (C=O) groups is 2. The molecule has 0 heterocycles. The van der Waals surface area contributed by atoms with Crippen molar-refractivity contribution < 1.29 is 24.6 Å². The summed E-state index contributed by atoms with van der Waals surface area (Å²) in [5.41, 5.74) is 2.26. The van der Waals surface area contributed by atoms with Gasteiger partial charge in [0.05, 0.1) is 6.61 Å². The third kappa shape index (κ3) is 6.33. The summed E-state index contributed by atoms with van der Waals surface area (Å²) in [5, 5.41) is 22.0. The molecule has 2 saturated carbocycles. The Balaban J connectivity index is 1.48. The van der Waals surface area contributed by atoms with E-state index in [9.17, 15) is 14.7 Å². The van der Waals surface area contributed by atoms with Gasteiger partial charge in [-0.15, -0.1) is 0 Å². The largest absolute Gasteiger partial charge is 0.494 e. The number of amides is 1. The molecule has 0 aliphatic heterocycles. The molecule has 1 amide bonds. The molecule has 0 bridgehead atoms. The van der Waals surface area contributed by atoms with Crippen molar-refractivity contribution >= 4 is 18.0 Å². The SMILES string of the molecule is O=C(C=Cc1ccc(OCCCN[C@H](C(=O)O)C2(C3CCCC3)CCCCC2)cc1)NO. The van der Waals surface area contributed by atoms with Gasteiger partial charge in [-0.1, -0.05) is 44.2 Å². The van der Waals surface area contributed by atoms with Crippen LogP contribution in [0.2, 0.25) is 0 Å². The lowest BCUT2D eigenvalue weighted by molar-refractivity contribution is -0.146. The number of hydrogen-bond donors (Lipinski definition) is 4. The first-order chi connectivity index (χ1) is 15.5. The molecular formula is C25H36N2O5. The van der Waals surface area contributed by atoms with Crippen LogP contribution in [0, 0.1) is 11.3 Å². The standard InChI is InChI=1S/C25H36N2O5/c28-22(27-31)14-11-19-9-12-21(13-10-19)32-18-6-17-26-23(24(29)30)25(15-4-1-5-16-25)20-7-2-3-8-20/h9-14,20,23,26,31H,1-8,15-18H2,(H,27,28)(H,29,30)/t23-/m1/s1. The van der Waals surface area contributed by atoms with Gasteiger partial charge in [0.15, 0.2) is 0 Å². The number of hydroxylamine groups is 1. The van der Waals surface area contributed by atoms with Crippen molar-refractivity contribution in [2.45, 2.75) is 70.3 Å². The van der Waals surface area contributed by atoms with Gasteiger partial charge in [-0.05, 0) is 73.8 Å². The average molecular weight is 445 g/mol. The fraction of sp³-hybridized carbons (Fsp3) is 0.600. The Morgan fingerprint density at radius 2 is 1.78 bits per heavy atom. The van der Waals surface area contributed by atoms with Crippen LogP contribution in [0.3, 0.4) is 0 Å². The fourth-order valence-corrected chi connectivity index (χ4v) is 5.57. The van der Waals surface area contributed by atoms with Gasteiger partial charge in [-0.3, -0.25) is 14.8 Å². The summed E-state index contributed by atoms with van der Waals surface area (Å²) in [5.74, 6) is -0.0411. The van der Waals surface area contributed by atoms with E-state index >= 15 is 0 Å². The molecule has 1 atom stereocenters. The third-order valence-electron chi connectivity index (χ3n) is 7.13. The molecule has 0 radical (unpaired) electrons. The number of aliphatic carboxylic acids is 1. The van der Waals surface area contributed by atoms with Gasteiger partial charge >= 0.3 is 5.97 Å². The van der Waals surface area contributed by atoms with Crippen molar-refractivity contribution in [3.8, 4) is 5.75 Å². The van der Waals surface area contributed by atoms with Crippen molar-refractivity contribution in [1.29, 1.82) is 0 Å². The van der Waals surface area contributed by atoms with Crippen LogP contribution >= 0.6 is 0 Å². The van der Waals surface area contributed by atoms with Crippen LogP contribution in [-0.4, -0.2) is 41.4 Å². The number of rotatable bonds is 11. The molecule has 176 valence electrons. The van der Waals surface area contributed by atoms with Crippen LogP contribution in [0.5, 0.6) is 5.75 Å². The molecule has 4 N–H and O–H groups in total. The van der Waals surface area contributed by atoms with E-state index < -0.39 is 17.9 Å². The predicted octanol–water partition coefficient (Wildman–Crippen LogP) is 4.16. The number of ether oxygens (including phenoxy) is 1. The molecule has 7 heteroatoms. The molecule has 1 aromatic rings. The van der Waals surface area contributed by atoms with Gasteiger partial charge in [0.25, 0.3) is 5.91 Å². The zero-order valence-electron chi connectivity index (χ0n) is 18.7. The highest BCUT2D eigenvalue weighted by atomic mass is 16.5. The summed E-state index contributed by atoms with van der Waals surface area (Å²) in [6.45, 7) is 1.11. The lowest BCUT2D eigenvalue weighted by atomic mass is 9.61. The molecule has 3 rings (SSSR count). The minimum atomic E-state index is -0.710. The van der Waals surface area contributed by atoms with E-state index in [0.717, 1.165) is 43.4 Å². The van der Waals surface area contributed by atoms with Crippen LogP contribution in [0.4, 0.5) is 0 Å². The van der Waals surface area contributed by atoms with Gasteiger partial charge in [0.2, 0.25) is 0 Å². The maximum Gasteiger partial charge on any atom is 0.321 e. The topological polar surface area (TPSA) is 108 Å². The number of carbonyl (C=O) groups excluding carboxylic acids is 1. The normalized spacial score (nSPS) is 19.7. The Kier molecular flexibility index (Phi) is 9.11. The number of nitrogens with one attached hydrogen (secondary N) is 2. The van der Waals surface area contributed by atoms with E-state index in [2.05, 4.69) is 5.32 Å². The molecular weight excluding hydrogens is 408 g/mol. The van der Waals surface area contributed by atoms with E-state index in [1.807, 2.05) is 24.3 Å². The predicted molar refractivity (Wildman–Crippen MR) is 122 cm³/mol. The molecule has 32 heavy (non-hydrogen) atoms. The number of hydrogen-bond acceptors (Lipinski definition) is 5. The summed E-state index contributed by atoms with van der Waals surface area (Å²) in [4.78, 5) is 23.3. The van der Waals surface area contributed by atoms with Gasteiger partial charge < -0.3 is 15.2 Å². The molecule has 0 spiro atoms. The molecule has 0 unspecified atom stereocenters. The van der Waals surface area contributed by atoms with Gasteiger partial charge in [0, 0.05) is 6.08 Å². The Hall–Kier alpha value is -2.38. The first-order valence-corrected chi connectivity index (χ1v) is 11.9. The number of carboxylic acids is 1. The Morgan fingerprint density at radius 1 is 1.09 bits per heavy atom. The first kappa shape index (κ1) is 24.3. The van der Waals surface area contributed by atoms with Crippen LogP contribution in [-0.2, 0) is 9.59 Å². The van der Waals surface area contributed by atoms with E-state index in [0.29, 0.717) is 19.1 Å². The maximum atomic E-state index is 12.3. The Morgan fingerprint density at radius 3 is 2.41 bits per heavy atom. The van der Waals surface area contributed by atoms with Gasteiger partial charge in [-0.25, -0.2) is 5.48 Å². The van der Waals surface area contributed by atoms with E-state index in [-0.39, 0.29) is 5.41 Å². The van der Waals surface area contributed by atoms with Crippen molar-refractivity contribution in [2.75, 3.05) is 13.2 Å². The molecule has 2 fully saturated rings. The van der Waals surface area contributed by atoms with Crippen LogP contribution in [0.1, 0.15) is 69.8 Å². The highest BCUT2D eigenvalue weighted by molar-refractivity contribution is 5.90. The van der Waals surface area contributed by atoms with Crippen molar-refractivity contribution in [1.82, 2.24) is 10.8 Å². The Labute approximate surface area is 190 Å². The highest BCUT2D eigenvalue weighted by Crippen LogP contribution is 2.51. The maximum absolute atomic E-state index is 12.3. The van der Waals surface area contributed by atoms with E-state index in [1.165, 1.54) is 38.2 Å². The molecule has 1 aromatic carbocycles. The second-order valence-corrected chi connectivity index (χ2v) is 9.08. The highest BCUT2D eigenvalue weighted by Gasteiger charge is 2.49. The third-order valence-corrected chi connectivity index (χ3v) is 7.13. The summed E-state index contributed by atoms with van der Waals surface area (Å²) >= 11 is 0. The van der Waals surface area contributed by atoms with Crippen molar-refractivity contribution in [3.05, 3.63) is 35.9 Å². The average Bonchev–Trinajstić information content (AvgIpc) is 3.36. The van der Waals surface area contributed by atoms with E-state index in [4.69, 9.17) is 9.94 Å². The second-order valence-electron chi connectivity index (χ2n) is 9.08. The summed E-state index contributed by atoms with van der Waals surface area (Å²) in [7, 11) is 0. The number of benzene rings is 1. The lowest BCUT2D eigenvalue weighted by Crippen LogP contribution is -2.55. The van der Waals surface area contributed by atoms with Crippen molar-refractivity contribution in [2.24, 2.45) is 11.3 Å². The molecule has 0 saturated heterocycles. The molecule has 0 aromatic heterocycles. The minimum Gasteiger partial charge on any atom is -0.494 e. The van der Waals surface area contributed by atoms with Gasteiger partial charge in [0.1, 0.15) is 11.8 Å². The monoisotopic (exact) mass is 444 g/mol. The summed E-state index contributed by atoms with van der Waals surface area (Å²) in [6, 6.07) is 6.81. The van der Waals surface area contributed by atoms with Crippen LogP contribution < -0.4 is 15.5 Å².